The molecule has 5 nitrogen and oxygen atoms in total. The minimum absolute atomic E-state index is 0.104. The highest BCUT2D eigenvalue weighted by molar-refractivity contribution is 7.92. The molecule has 0 aliphatic rings. The van der Waals surface area contributed by atoms with E-state index in [9.17, 15) is 17.6 Å². The number of anilines is 2. The van der Waals surface area contributed by atoms with Crippen molar-refractivity contribution >= 4 is 27.3 Å². The van der Waals surface area contributed by atoms with Gasteiger partial charge in [-0.3, -0.25) is 9.10 Å². The van der Waals surface area contributed by atoms with Crippen molar-refractivity contribution in [3.05, 3.63) is 59.9 Å². The number of rotatable bonds is 6. The van der Waals surface area contributed by atoms with Crippen molar-refractivity contribution in [2.24, 2.45) is 0 Å². The molecule has 2 aromatic carbocycles. The molecular weight excluding hydrogens is 355 g/mol. The quantitative estimate of drug-likeness (QED) is 0.833. The summed E-state index contributed by atoms with van der Waals surface area (Å²) in [5, 5.41) is 2.79. The number of halogens is 1. The maximum Gasteiger partial charge on any atom is 0.248 e. The lowest BCUT2D eigenvalue weighted by atomic mass is 10.0. The Labute approximate surface area is 153 Å². The number of benzene rings is 2. The zero-order valence-corrected chi connectivity index (χ0v) is 16.0. The van der Waals surface area contributed by atoms with Crippen LogP contribution in [0.4, 0.5) is 15.8 Å². The highest BCUT2D eigenvalue weighted by atomic mass is 32.2. The summed E-state index contributed by atoms with van der Waals surface area (Å²) in [5.41, 5.74) is 1.68. The van der Waals surface area contributed by atoms with E-state index in [1.165, 1.54) is 25.1 Å². The van der Waals surface area contributed by atoms with E-state index in [-0.39, 0.29) is 11.6 Å². The Bertz CT molecular complexity index is 897. The normalized spacial score (nSPS) is 12.7. The smallest absolute Gasteiger partial charge is 0.248 e. The Kier molecular flexibility index (Phi) is 6.02. The lowest BCUT2D eigenvalue weighted by Crippen LogP contribution is -2.45. The van der Waals surface area contributed by atoms with E-state index in [1.807, 2.05) is 26.0 Å². The van der Waals surface area contributed by atoms with Crippen LogP contribution in [0.3, 0.4) is 0 Å². The average Bonchev–Trinajstić information content (AvgIpc) is 2.54. The molecule has 1 atom stereocenters. The molecule has 0 radical (unpaired) electrons. The summed E-state index contributed by atoms with van der Waals surface area (Å²) < 4.78 is 38.9. The van der Waals surface area contributed by atoms with Gasteiger partial charge < -0.3 is 5.32 Å². The Morgan fingerprint density at radius 3 is 2.31 bits per heavy atom. The second kappa shape index (κ2) is 7.86. The standard InChI is InChI=1S/C19H23FN2O3S/c1-13(2)17-10-5-6-11-18(17)21-19(23)14(3)22(26(4,24)25)16-9-7-8-15(20)12-16/h5-14H,1-4H3,(H,21,23). The van der Waals surface area contributed by atoms with Gasteiger partial charge in [0.2, 0.25) is 15.9 Å². The van der Waals surface area contributed by atoms with Gasteiger partial charge in [0.05, 0.1) is 11.9 Å². The minimum atomic E-state index is -3.79. The van der Waals surface area contributed by atoms with Crippen LogP contribution in [0, 0.1) is 5.82 Å². The SMILES string of the molecule is CC(C)c1ccccc1NC(=O)C(C)N(c1cccc(F)c1)S(C)(=O)=O. The first-order valence-corrected chi connectivity index (χ1v) is 10.1. The second-order valence-corrected chi connectivity index (χ2v) is 8.31. The first-order chi connectivity index (χ1) is 12.1. The third kappa shape index (κ3) is 4.60. The van der Waals surface area contributed by atoms with Crippen LogP contribution in [0.5, 0.6) is 0 Å². The molecule has 1 N–H and O–H groups in total. The van der Waals surface area contributed by atoms with Crippen LogP contribution in [-0.2, 0) is 14.8 Å². The van der Waals surface area contributed by atoms with E-state index >= 15 is 0 Å². The zero-order valence-electron chi connectivity index (χ0n) is 15.2. The molecule has 7 heteroatoms. The number of hydrogen-bond acceptors (Lipinski definition) is 3. The van der Waals surface area contributed by atoms with Gasteiger partial charge >= 0.3 is 0 Å². The van der Waals surface area contributed by atoms with Crippen molar-refractivity contribution < 1.29 is 17.6 Å². The molecule has 0 bridgehead atoms. The monoisotopic (exact) mass is 378 g/mol. The number of nitrogens with one attached hydrogen (secondary N) is 1. The van der Waals surface area contributed by atoms with Gasteiger partial charge in [0.15, 0.2) is 0 Å². The molecule has 0 saturated heterocycles. The number of carbonyl (C=O) groups excluding carboxylic acids is 1. The summed E-state index contributed by atoms with van der Waals surface area (Å²) in [6.45, 7) is 5.48. The van der Waals surface area contributed by atoms with Crippen LogP contribution in [0.15, 0.2) is 48.5 Å². The summed E-state index contributed by atoms with van der Waals surface area (Å²) in [6, 6.07) is 11.5. The van der Waals surface area contributed by atoms with Gasteiger partial charge in [-0.2, -0.15) is 0 Å². The van der Waals surface area contributed by atoms with Gasteiger partial charge in [-0.05, 0) is 42.7 Å². The molecule has 0 heterocycles. The molecule has 0 aliphatic heterocycles. The first-order valence-electron chi connectivity index (χ1n) is 8.26. The van der Waals surface area contributed by atoms with Crippen LogP contribution in [0.1, 0.15) is 32.3 Å². The number of carbonyl (C=O) groups is 1. The summed E-state index contributed by atoms with van der Waals surface area (Å²) in [7, 11) is -3.79. The fourth-order valence-electron chi connectivity index (χ4n) is 2.77. The lowest BCUT2D eigenvalue weighted by Gasteiger charge is -2.28. The number of nitrogens with zero attached hydrogens (tertiary/aromatic N) is 1. The Hall–Kier alpha value is -2.41. The van der Waals surface area contributed by atoms with E-state index < -0.39 is 27.8 Å². The molecule has 140 valence electrons. The van der Waals surface area contributed by atoms with E-state index in [0.717, 1.165) is 22.2 Å². The van der Waals surface area contributed by atoms with E-state index in [1.54, 1.807) is 12.1 Å². The van der Waals surface area contributed by atoms with Gasteiger partial charge in [0, 0.05) is 5.69 Å². The predicted molar refractivity (Wildman–Crippen MR) is 102 cm³/mol. The number of sulfonamides is 1. The predicted octanol–water partition coefficient (Wildman–Crippen LogP) is 3.74. The lowest BCUT2D eigenvalue weighted by molar-refractivity contribution is -0.116. The van der Waals surface area contributed by atoms with Crippen LogP contribution >= 0.6 is 0 Å². The number of hydrogen-bond donors (Lipinski definition) is 1. The van der Waals surface area contributed by atoms with Crippen molar-refractivity contribution in [1.29, 1.82) is 0 Å². The maximum atomic E-state index is 13.5. The molecule has 0 fully saturated rings. The van der Waals surface area contributed by atoms with E-state index in [4.69, 9.17) is 0 Å². The van der Waals surface area contributed by atoms with Crippen molar-refractivity contribution in [3.63, 3.8) is 0 Å². The van der Waals surface area contributed by atoms with Gasteiger partial charge in [-0.25, -0.2) is 12.8 Å². The van der Waals surface area contributed by atoms with Crippen LogP contribution < -0.4 is 9.62 Å². The Morgan fingerprint density at radius 1 is 1.08 bits per heavy atom. The molecule has 0 aromatic heterocycles. The molecule has 26 heavy (non-hydrogen) atoms. The van der Waals surface area contributed by atoms with E-state index in [0.29, 0.717) is 5.69 Å². The molecule has 1 unspecified atom stereocenters. The fraction of sp³-hybridized carbons (Fsp3) is 0.316. The topological polar surface area (TPSA) is 66.5 Å². The highest BCUT2D eigenvalue weighted by Gasteiger charge is 2.29. The second-order valence-electron chi connectivity index (χ2n) is 6.45. The average molecular weight is 378 g/mol. The highest BCUT2D eigenvalue weighted by Crippen LogP contribution is 2.26. The van der Waals surface area contributed by atoms with Crippen molar-refractivity contribution in [2.45, 2.75) is 32.7 Å². The van der Waals surface area contributed by atoms with Crippen LogP contribution in [0.25, 0.3) is 0 Å². The Morgan fingerprint density at radius 2 is 1.73 bits per heavy atom. The number of amides is 1. The molecular formula is C19H23FN2O3S. The molecule has 0 spiro atoms. The largest absolute Gasteiger partial charge is 0.324 e. The molecule has 0 saturated carbocycles. The van der Waals surface area contributed by atoms with Gasteiger partial charge in [0.1, 0.15) is 11.9 Å². The molecule has 1 amide bonds. The number of para-hydroxylation sites is 1. The fourth-order valence-corrected chi connectivity index (χ4v) is 3.94. The molecule has 2 rings (SSSR count). The Balaban J connectivity index is 2.35. The molecule has 0 aliphatic carbocycles. The summed E-state index contributed by atoms with van der Waals surface area (Å²) >= 11 is 0. The zero-order chi connectivity index (χ0) is 19.5. The van der Waals surface area contributed by atoms with Gasteiger partial charge in [0.25, 0.3) is 0 Å². The third-order valence-corrected chi connectivity index (χ3v) is 5.23. The van der Waals surface area contributed by atoms with Crippen molar-refractivity contribution in [2.75, 3.05) is 15.9 Å². The summed E-state index contributed by atoms with van der Waals surface area (Å²) in [6.07, 6.45) is 0.990. The summed E-state index contributed by atoms with van der Waals surface area (Å²) in [5.74, 6) is -0.877. The molecule has 2 aromatic rings. The van der Waals surface area contributed by atoms with Gasteiger partial charge in [-0.15, -0.1) is 0 Å². The minimum Gasteiger partial charge on any atom is -0.324 e. The van der Waals surface area contributed by atoms with Crippen LogP contribution in [-0.4, -0.2) is 26.6 Å². The van der Waals surface area contributed by atoms with Crippen molar-refractivity contribution in [3.8, 4) is 0 Å². The third-order valence-electron chi connectivity index (χ3n) is 3.99. The first kappa shape index (κ1) is 19.9. The van der Waals surface area contributed by atoms with Crippen LogP contribution in [0.2, 0.25) is 0 Å². The summed E-state index contributed by atoms with van der Waals surface area (Å²) in [4.78, 5) is 12.7. The van der Waals surface area contributed by atoms with Crippen molar-refractivity contribution in [1.82, 2.24) is 0 Å². The maximum absolute atomic E-state index is 13.5. The van der Waals surface area contributed by atoms with Gasteiger partial charge in [-0.1, -0.05) is 38.1 Å². The van der Waals surface area contributed by atoms with E-state index in [2.05, 4.69) is 5.32 Å².